The second-order valence-corrected chi connectivity index (χ2v) is 5.98. The number of ether oxygens (including phenoxy) is 1. The molecule has 2 aromatic rings. The molecule has 0 spiro atoms. The van der Waals surface area contributed by atoms with Crippen LogP contribution in [0.5, 0.6) is 5.75 Å². The van der Waals surface area contributed by atoms with Gasteiger partial charge >= 0.3 is 5.97 Å². The maximum absolute atomic E-state index is 12.2. The second-order valence-electron chi connectivity index (χ2n) is 5.13. The first-order valence-corrected chi connectivity index (χ1v) is 7.84. The number of esters is 1. The summed E-state index contributed by atoms with van der Waals surface area (Å²) >= 11 is 11.8. The number of nitrogens with zero attached hydrogens (tertiary/aromatic N) is 1. The molecular formula is C17H11Cl2NO4. The molecule has 1 saturated heterocycles. The number of anilines is 1. The number of hydrogen-bond acceptors (Lipinski definition) is 4. The van der Waals surface area contributed by atoms with E-state index >= 15 is 0 Å². The number of benzene rings is 2. The van der Waals surface area contributed by atoms with Crippen molar-refractivity contribution >= 4 is 46.7 Å². The monoisotopic (exact) mass is 363 g/mol. The van der Waals surface area contributed by atoms with Crippen LogP contribution in [0.2, 0.25) is 10.0 Å². The summed E-state index contributed by atoms with van der Waals surface area (Å²) in [5.74, 6) is -0.963. The summed E-state index contributed by atoms with van der Waals surface area (Å²) in [5.41, 5.74) is 0.689. The van der Waals surface area contributed by atoms with Gasteiger partial charge in [-0.3, -0.25) is 14.5 Å². The maximum Gasteiger partial charge on any atom is 0.343 e. The molecule has 0 unspecified atom stereocenters. The van der Waals surface area contributed by atoms with E-state index in [1.165, 1.54) is 36.4 Å². The van der Waals surface area contributed by atoms with Gasteiger partial charge in [0.05, 0.1) is 16.3 Å². The molecule has 122 valence electrons. The summed E-state index contributed by atoms with van der Waals surface area (Å²) in [6, 6.07) is 10.6. The van der Waals surface area contributed by atoms with Crippen molar-refractivity contribution in [1.29, 1.82) is 0 Å². The van der Waals surface area contributed by atoms with E-state index in [1.807, 2.05) is 0 Å². The largest absolute Gasteiger partial charge is 0.421 e. The Kier molecular flexibility index (Phi) is 4.55. The summed E-state index contributed by atoms with van der Waals surface area (Å²) in [5, 5.41) is 0.654. The summed E-state index contributed by atoms with van der Waals surface area (Å²) in [6.45, 7) is 0. The molecule has 3 rings (SSSR count). The van der Waals surface area contributed by atoms with Crippen LogP contribution in [0.1, 0.15) is 23.2 Å². The highest BCUT2D eigenvalue weighted by Crippen LogP contribution is 2.29. The average Bonchev–Trinajstić information content (AvgIpc) is 2.90. The fourth-order valence-corrected chi connectivity index (χ4v) is 2.64. The number of carbonyl (C=O) groups is 3. The van der Waals surface area contributed by atoms with Gasteiger partial charge in [0.15, 0.2) is 5.75 Å². The van der Waals surface area contributed by atoms with E-state index in [4.69, 9.17) is 27.9 Å². The van der Waals surface area contributed by atoms with E-state index in [2.05, 4.69) is 0 Å². The highest BCUT2D eigenvalue weighted by molar-refractivity contribution is 6.34. The zero-order valence-electron chi connectivity index (χ0n) is 12.3. The van der Waals surface area contributed by atoms with Crippen molar-refractivity contribution in [2.24, 2.45) is 0 Å². The molecular weight excluding hydrogens is 353 g/mol. The molecule has 1 fully saturated rings. The predicted octanol–water partition coefficient (Wildman–Crippen LogP) is 3.87. The number of amides is 2. The number of halogens is 2. The van der Waals surface area contributed by atoms with Gasteiger partial charge in [-0.1, -0.05) is 23.2 Å². The molecule has 0 radical (unpaired) electrons. The van der Waals surface area contributed by atoms with Gasteiger partial charge < -0.3 is 4.74 Å². The van der Waals surface area contributed by atoms with Crippen molar-refractivity contribution in [3.63, 3.8) is 0 Å². The SMILES string of the molecule is O=C(Oc1cc(Cl)ccc1Cl)c1ccc(N2C(=O)CCC2=O)cc1. The van der Waals surface area contributed by atoms with E-state index in [0.29, 0.717) is 10.7 Å². The van der Waals surface area contributed by atoms with Crippen LogP contribution < -0.4 is 9.64 Å². The van der Waals surface area contributed by atoms with Crippen molar-refractivity contribution < 1.29 is 19.1 Å². The number of hydrogen-bond donors (Lipinski definition) is 0. The molecule has 1 aliphatic heterocycles. The molecule has 5 nitrogen and oxygen atoms in total. The number of carbonyl (C=O) groups excluding carboxylic acids is 3. The van der Waals surface area contributed by atoms with Gasteiger partial charge in [-0.2, -0.15) is 0 Å². The number of imide groups is 1. The van der Waals surface area contributed by atoms with Crippen LogP contribution in [-0.4, -0.2) is 17.8 Å². The van der Waals surface area contributed by atoms with Gasteiger partial charge in [0.1, 0.15) is 0 Å². The van der Waals surface area contributed by atoms with Crippen LogP contribution in [0, 0.1) is 0 Å². The molecule has 7 heteroatoms. The minimum Gasteiger partial charge on any atom is -0.421 e. The van der Waals surface area contributed by atoms with Crippen LogP contribution in [0.15, 0.2) is 42.5 Å². The third-order valence-corrected chi connectivity index (χ3v) is 4.06. The Morgan fingerprint density at radius 1 is 0.958 bits per heavy atom. The number of rotatable bonds is 3. The summed E-state index contributed by atoms with van der Waals surface area (Å²) in [4.78, 5) is 36.7. The Balaban J connectivity index is 1.78. The van der Waals surface area contributed by atoms with Gasteiger partial charge in [0.25, 0.3) is 0 Å². The maximum atomic E-state index is 12.2. The van der Waals surface area contributed by atoms with Crippen LogP contribution >= 0.6 is 23.2 Å². The highest BCUT2D eigenvalue weighted by Gasteiger charge is 2.30. The Hall–Kier alpha value is -2.37. The fourth-order valence-electron chi connectivity index (χ4n) is 2.33. The van der Waals surface area contributed by atoms with Gasteiger partial charge in [0, 0.05) is 23.9 Å². The molecule has 2 aromatic carbocycles. The zero-order valence-corrected chi connectivity index (χ0v) is 13.8. The zero-order chi connectivity index (χ0) is 17.3. The standard InChI is InChI=1S/C17H11Cl2NO4/c18-11-3-6-13(19)14(9-11)24-17(23)10-1-4-12(5-2-10)20-15(21)7-8-16(20)22/h1-6,9H,7-8H2. The van der Waals surface area contributed by atoms with E-state index in [-0.39, 0.29) is 41.0 Å². The molecule has 2 amide bonds. The van der Waals surface area contributed by atoms with Crippen LogP contribution in [0.25, 0.3) is 0 Å². The van der Waals surface area contributed by atoms with E-state index in [0.717, 1.165) is 4.90 Å². The third kappa shape index (κ3) is 3.27. The van der Waals surface area contributed by atoms with E-state index in [9.17, 15) is 14.4 Å². The smallest absolute Gasteiger partial charge is 0.343 e. The molecule has 0 saturated carbocycles. The Bertz CT molecular complexity index is 817. The van der Waals surface area contributed by atoms with Gasteiger partial charge in [-0.15, -0.1) is 0 Å². The van der Waals surface area contributed by atoms with Crippen LogP contribution in [0.4, 0.5) is 5.69 Å². The minimum atomic E-state index is -0.621. The lowest BCUT2D eigenvalue weighted by atomic mass is 10.2. The first-order chi connectivity index (χ1) is 11.5. The molecule has 1 heterocycles. The van der Waals surface area contributed by atoms with Gasteiger partial charge in [-0.25, -0.2) is 4.79 Å². The van der Waals surface area contributed by atoms with Crippen molar-refractivity contribution in [3.05, 3.63) is 58.1 Å². The van der Waals surface area contributed by atoms with Crippen molar-refractivity contribution in [2.75, 3.05) is 4.90 Å². The predicted molar refractivity (Wildman–Crippen MR) is 89.6 cm³/mol. The molecule has 0 aromatic heterocycles. The Morgan fingerprint density at radius 3 is 2.21 bits per heavy atom. The average molecular weight is 364 g/mol. The fraction of sp³-hybridized carbons (Fsp3) is 0.118. The second kappa shape index (κ2) is 6.63. The van der Waals surface area contributed by atoms with Gasteiger partial charge in [-0.05, 0) is 36.4 Å². The first kappa shape index (κ1) is 16.5. The summed E-state index contributed by atoms with van der Waals surface area (Å²) in [6.07, 6.45) is 0.409. The molecule has 0 aliphatic carbocycles. The van der Waals surface area contributed by atoms with Gasteiger partial charge in [0.2, 0.25) is 11.8 Å². The van der Waals surface area contributed by atoms with Crippen LogP contribution in [-0.2, 0) is 9.59 Å². The van der Waals surface area contributed by atoms with Crippen molar-refractivity contribution in [3.8, 4) is 5.75 Å². The Labute approximate surface area is 147 Å². The normalized spacial score (nSPS) is 14.2. The molecule has 0 N–H and O–H groups in total. The lowest BCUT2D eigenvalue weighted by molar-refractivity contribution is -0.121. The van der Waals surface area contributed by atoms with Crippen molar-refractivity contribution in [2.45, 2.75) is 12.8 Å². The van der Waals surface area contributed by atoms with Crippen LogP contribution in [0.3, 0.4) is 0 Å². The van der Waals surface area contributed by atoms with E-state index in [1.54, 1.807) is 6.07 Å². The molecule has 24 heavy (non-hydrogen) atoms. The quantitative estimate of drug-likeness (QED) is 0.471. The molecule has 0 atom stereocenters. The minimum absolute atomic E-state index is 0.156. The van der Waals surface area contributed by atoms with Crippen molar-refractivity contribution in [1.82, 2.24) is 0 Å². The summed E-state index contributed by atoms with van der Waals surface area (Å²) in [7, 11) is 0. The summed E-state index contributed by atoms with van der Waals surface area (Å²) < 4.78 is 5.22. The lowest BCUT2D eigenvalue weighted by Gasteiger charge is -2.14. The topological polar surface area (TPSA) is 63.7 Å². The van der Waals surface area contributed by atoms with E-state index < -0.39 is 5.97 Å². The third-order valence-electron chi connectivity index (χ3n) is 3.51. The Morgan fingerprint density at radius 2 is 1.58 bits per heavy atom. The lowest BCUT2D eigenvalue weighted by Crippen LogP contribution is -2.28. The highest BCUT2D eigenvalue weighted by atomic mass is 35.5. The first-order valence-electron chi connectivity index (χ1n) is 7.09. The molecule has 0 bridgehead atoms. The molecule has 1 aliphatic rings.